The van der Waals surface area contributed by atoms with E-state index in [0.717, 1.165) is 18.7 Å². The molecule has 18 heavy (non-hydrogen) atoms. The summed E-state index contributed by atoms with van der Waals surface area (Å²) in [6.07, 6.45) is 13.2. The molecule has 0 amide bonds. The van der Waals surface area contributed by atoms with Gasteiger partial charge in [-0.1, -0.05) is 48.9 Å². The maximum atomic E-state index is 5.32. The number of benzene rings is 1. The summed E-state index contributed by atoms with van der Waals surface area (Å²) in [4.78, 5) is 0. The average molecular weight is 237 g/mol. The molecule has 1 rings (SSSR count). The van der Waals surface area contributed by atoms with Crippen molar-refractivity contribution in [3.05, 3.63) is 71.8 Å². The zero-order valence-electron chi connectivity index (χ0n) is 10.8. The van der Waals surface area contributed by atoms with E-state index in [0.29, 0.717) is 0 Å². The van der Waals surface area contributed by atoms with Crippen LogP contribution in [0.15, 0.2) is 60.7 Å². The van der Waals surface area contributed by atoms with Crippen molar-refractivity contribution in [2.24, 2.45) is 0 Å². The van der Waals surface area contributed by atoms with Gasteiger partial charge in [0, 0.05) is 18.7 Å². The molecule has 0 fully saturated rings. The molecule has 1 aromatic carbocycles. The van der Waals surface area contributed by atoms with E-state index in [1.165, 1.54) is 11.1 Å². The zero-order valence-corrected chi connectivity index (χ0v) is 10.8. The topological polar surface area (TPSA) is 12.0 Å². The summed E-state index contributed by atoms with van der Waals surface area (Å²) in [7, 11) is 0. The van der Waals surface area contributed by atoms with Crippen molar-refractivity contribution in [3.8, 4) is 12.3 Å². The van der Waals surface area contributed by atoms with E-state index in [1.807, 2.05) is 31.2 Å². The van der Waals surface area contributed by atoms with Crippen LogP contribution in [-0.4, -0.2) is 6.54 Å². The van der Waals surface area contributed by atoms with E-state index in [-0.39, 0.29) is 0 Å². The van der Waals surface area contributed by atoms with Crippen molar-refractivity contribution in [2.75, 3.05) is 6.54 Å². The predicted octanol–water partition coefficient (Wildman–Crippen LogP) is 3.45. The van der Waals surface area contributed by atoms with Gasteiger partial charge in [-0.25, -0.2) is 0 Å². The Labute approximate surface area is 110 Å². The number of nitrogens with one attached hydrogen (secondary N) is 1. The van der Waals surface area contributed by atoms with Gasteiger partial charge in [-0.15, -0.1) is 6.42 Å². The quantitative estimate of drug-likeness (QED) is 0.590. The standard InChI is InChI=1S/C17H19N/c1-4-7-16(8-5-2)13-18-14-17-11-9-15(6-3)10-12-17/h3-5,7-12,18H,1,13-14H2,2H3/b8-5-,16-7+. The maximum absolute atomic E-state index is 5.32. The summed E-state index contributed by atoms with van der Waals surface area (Å²) >= 11 is 0. The van der Waals surface area contributed by atoms with Crippen LogP contribution in [0.25, 0.3) is 0 Å². The van der Waals surface area contributed by atoms with Gasteiger partial charge in [-0.05, 0) is 30.2 Å². The molecule has 0 bridgehead atoms. The molecule has 0 aliphatic heterocycles. The third kappa shape index (κ3) is 4.86. The fraction of sp³-hybridized carbons (Fsp3) is 0.176. The molecule has 0 unspecified atom stereocenters. The lowest BCUT2D eigenvalue weighted by atomic mass is 10.1. The fourth-order valence-electron chi connectivity index (χ4n) is 1.61. The normalized spacial score (nSPS) is 11.4. The van der Waals surface area contributed by atoms with Crippen LogP contribution >= 0.6 is 0 Å². The van der Waals surface area contributed by atoms with Crippen molar-refractivity contribution in [1.82, 2.24) is 5.32 Å². The second kappa shape index (κ2) is 8.11. The van der Waals surface area contributed by atoms with E-state index >= 15 is 0 Å². The Morgan fingerprint density at radius 1 is 1.39 bits per heavy atom. The van der Waals surface area contributed by atoms with Crippen LogP contribution in [0, 0.1) is 12.3 Å². The Bertz CT molecular complexity index is 469. The van der Waals surface area contributed by atoms with Crippen molar-refractivity contribution < 1.29 is 0 Å². The summed E-state index contributed by atoms with van der Waals surface area (Å²) in [5, 5.41) is 3.39. The van der Waals surface area contributed by atoms with Gasteiger partial charge >= 0.3 is 0 Å². The van der Waals surface area contributed by atoms with E-state index in [1.54, 1.807) is 6.08 Å². The van der Waals surface area contributed by atoms with Gasteiger partial charge in [0.05, 0.1) is 0 Å². The minimum absolute atomic E-state index is 0.827. The first-order valence-electron chi connectivity index (χ1n) is 6.00. The van der Waals surface area contributed by atoms with Crippen LogP contribution in [0.3, 0.4) is 0 Å². The molecule has 0 aliphatic carbocycles. The van der Waals surface area contributed by atoms with Crippen molar-refractivity contribution in [2.45, 2.75) is 13.5 Å². The first-order valence-corrected chi connectivity index (χ1v) is 6.00. The number of allylic oxidation sites excluding steroid dienone is 3. The Kier molecular flexibility index (Phi) is 6.32. The second-order valence-corrected chi connectivity index (χ2v) is 3.92. The van der Waals surface area contributed by atoms with Gasteiger partial charge in [0.25, 0.3) is 0 Å². The van der Waals surface area contributed by atoms with Crippen molar-refractivity contribution in [3.63, 3.8) is 0 Å². The highest BCUT2D eigenvalue weighted by molar-refractivity contribution is 5.34. The first kappa shape index (κ1) is 14.0. The van der Waals surface area contributed by atoms with Gasteiger partial charge in [0.2, 0.25) is 0 Å². The van der Waals surface area contributed by atoms with E-state index in [9.17, 15) is 0 Å². The molecule has 1 heteroatoms. The smallest absolute Gasteiger partial charge is 0.0242 e. The average Bonchev–Trinajstić information content (AvgIpc) is 2.40. The third-order valence-electron chi connectivity index (χ3n) is 2.49. The largest absolute Gasteiger partial charge is 0.309 e. The molecule has 0 spiro atoms. The lowest BCUT2D eigenvalue weighted by Crippen LogP contribution is -2.15. The van der Waals surface area contributed by atoms with Crippen LogP contribution in [0.5, 0.6) is 0 Å². The minimum Gasteiger partial charge on any atom is -0.309 e. The van der Waals surface area contributed by atoms with Gasteiger partial charge in [-0.3, -0.25) is 0 Å². The summed E-state index contributed by atoms with van der Waals surface area (Å²) < 4.78 is 0. The Morgan fingerprint density at radius 2 is 2.11 bits per heavy atom. The Morgan fingerprint density at radius 3 is 2.67 bits per heavy atom. The van der Waals surface area contributed by atoms with Gasteiger partial charge in [0.1, 0.15) is 0 Å². The van der Waals surface area contributed by atoms with Gasteiger partial charge < -0.3 is 5.32 Å². The number of hydrogen-bond donors (Lipinski definition) is 1. The van der Waals surface area contributed by atoms with Crippen LogP contribution in [0.4, 0.5) is 0 Å². The highest BCUT2D eigenvalue weighted by Crippen LogP contribution is 2.03. The van der Waals surface area contributed by atoms with Crippen molar-refractivity contribution >= 4 is 0 Å². The van der Waals surface area contributed by atoms with Crippen LogP contribution < -0.4 is 5.32 Å². The molecular weight excluding hydrogens is 218 g/mol. The first-order chi connectivity index (χ1) is 8.80. The molecule has 0 saturated carbocycles. The van der Waals surface area contributed by atoms with Crippen LogP contribution in [-0.2, 0) is 6.54 Å². The lowest BCUT2D eigenvalue weighted by molar-refractivity contribution is 0.747. The molecule has 1 aromatic rings. The molecule has 0 heterocycles. The highest BCUT2D eigenvalue weighted by atomic mass is 14.8. The van der Waals surface area contributed by atoms with E-state index in [4.69, 9.17) is 6.42 Å². The Balaban J connectivity index is 2.47. The second-order valence-electron chi connectivity index (χ2n) is 3.92. The molecule has 0 aromatic heterocycles. The molecule has 92 valence electrons. The molecule has 1 N–H and O–H groups in total. The predicted molar refractivity (Wildman–Crippen MR) is 79.2 cm³/mol. The Hall–Kier alpha value is -2.04. The number of rotatable bonds is 6. The van der Waals surface area contributed by atoms with Crippen molar-refractivity contribution in [1.29, 1.82) is 0 Å². The van der Waals surface area contributed by atoms with Gasteiger partial charge in [0.15, 0.2) is 0 Å². The summed E-state index contributed by atoms with van der Waals surface area (Å²) in [6, 6.07) is 8.02. The molecule has 0 radical (unpaired) electrons. The molecule has 0 aliphatic rings. The molecule has 0 atom stereocenters. The van der Waals surface area contributed by atoms with Crippen LogP contribution in [0.1, 0.15) is 18.1 Å². The lowest BCUT2D eigenvalue weighted by Gasteiger charge is -2.06. The summed E-state index contributed by atoms with van der Waals surface area (Å²) in [5.74, 6) is 2.61. The highest BCUT2D eigenvalue weighted by Gasteiger charge is 1.94. The van der Waals surface area contributed by atoms with Crippen LogP contribution in [0.2, 0.25) is 0 Å². The zero-order chi connectivity index (χ0) is 13.2. The SMILES string of the molecule is C#Cc1ccc(CNCC(/C=C\C)=C/C=C)cc1. The summed E-state index contributed by atoms with van der Waals surface area (Å²) in [6.45, 7) is 7.38. The maximum Gasteiger partial charge on any atom is 0.0242 e. The fourth-order valence-corrected chi connectivity index (χ4v) is 1.61. The number of terminal acetylenes is 1. The molecule has 0 saturated heterocycles. The van der Waals surface area contributed by atoms with E-state index < -0.39 is 0 Å². The molecular formula is C17H19N. The summed E-state index contributed by atoms with van der Waals surface area (Å²) in [5.41, 5.74) is 3.36. The van der Waals surface area contributed by atoms with E-state index in [2.05, 4.69) is 36.0 Å². The van der Waals surface area contributed by atoms with Gasteiger partial charge in [-0.2, -0.15) is 0 Å². The third-order valence-corrected chi connectivity index (χ3v) is 2.49. The monoisotopic (exact) mass is 237 g/mol. The molecule has 1 nitrogen and oxygen atoms in total. The minimum atomic E-state index is 0.827. The number of hydrogen-bond acceptors (Lipinski definition) is 1.